The van der Waals surface area contributed by atoms with Crippen LogP contribution in [-0.2, 0) is 0 Å². The SMILES string of the molecule is Cc1nc(Cl)ccc1C(=O)NCC(O)c1c(F)cccc1F. The van der Waals surface area contributed by atoms with E-state index in [-0.39, 0.29) is 17.3 Å². The normalized spacial score (nSPS) is 12.0. The number of nitrogens with one attached hydrogen (secondary N) is 1. The van der Waals surface area contributed by atoms with Crippen LogP contribution in [0.2, 0.25) is 5.15 Å². The lowest BCUT2D eigenvalue weighted by molar-refractivity contribution is 0.0910. The molecular weight excluding hydrogens is 314 g/mol. The number of aliphatic hydroxyl groups is 1. The van der Waals surface area contributed by atoms with E-state index in [1.54, 1.807) is 6.92 Å². The third-order valence-electron chi connectivity index (χ3n) is 3.09. The van der Waals surface area contributed by atoms with Gasteiger partial charge in [0.2, 0.25) is 0 Å². The number of pyridine rings is 1. The molecule has 0 saturated heterocycles. The highest BCUT2D eigenvalue weighted by Crippen LogP contribution is 2.20. The number of rotatable bonds is 4. The van der Waals surface area contributed by atoms with E-state index in [1.165, 1.54) is 18.2 Å². The molecule has 1 heterocycles. The van der Waals surface area contributed by atoms with Crippen molar-refractivity contribution in [3.05, 3.63) is 63.9 Å². The fourth-order valence-corrected chi connectivity index (χ4v) is 2.18. The number of halogens is 3. The molecule has 1 atom stereocenters. The summed E-state index contributed by atoms with van der Waals surface area (Å²) < 4.78 is 27.0. The van der Waals surface area contributed by atoms with Crippen molar-refractivity contribution >= 4 is 17.5 Å². The van der Waals surface area contributed by atoms with Crippen LogP contribution in [0.4, 0.5) is 8.78 Å². The monoisotopic (exact) mass is 326 g/mol. The molecule has 0 aliphatic rings. The average Bonchev–Trinajstić information content (AvgIpc) is 2.44. The van der Waals surface area contributed by atoms with Gasteiger partial charge in [-0.2, -0.15) is 0 Å². The first-order chi connectivity index (χ1) is 10.4. The first kappa shape index (κ1) is 16.3. The van der Waals surface area contributed by atoms with Gasteiger partial charge in [0.25, 0.3) is 5.91 Å². The Hall–Kier alpha value is -2.05. The fourth-order valence-electron chi connectivity index (χ4n) is 1.99. The maximum atomic E-state index is 13.5. The zero-order valence-electron chi connectivity index (χ0n) is 11.6. The molecule has 1 aromatic heterocycles. The van der Waals surface area contributed by atoms with Crippen LogP contribution in [0.15, 0.2) is 30.3 Å². The van der Waals surface area contributed by atoms with Gasteiger partial charge in [-0.05, 0) is 31.2 Å². The van der Waals surface area contributed by atoms with Gasteiger partial charge < -0.3 is 10.4 Å². The molecule has 0 saturated carbocycles. The Morgan fingerprint density at radius 1 is 1.32 bits per heavy atom. The minimum absolute atomic E-state index is 0.252. The molecule has 0 aliphatic carbocycles. The van der Waals surface area contributed by atoms with Crippen molar-refractivity contribution in [2.24, 2.45) is 0 Å². The zero-order chi connectivity index (χ0) is 16.3. The van der Waals surface area contributed by atoms with Gasteiger partial charge in [-0.15, -0.1) is 0 Å². The van der Waals surface area contributed by atoms with E-state index in [1.807, 2.05) is 0 Å². The van der Waals surface area contributed by atoms with Crippen LogP contribution in [0.3, 0.4) is 0 Å². The molecule has 7 heteroatoms. The van der Waals surface area contributed by atoms with E-state index in [0.29, 0.717) is 5.69 Å². The van der Waals surface area contributed by atoms with Crippen molar-refractivity contribution in [3.8, 4) is 0 Å². The second-order valence-corrected chi connectivity index (χ2v) is 5.02. The van der Waals surface area contributed by atoms with Gasteiger partial charge in [-0.1, -0.05) is 17.7 Å². The molecular formula is C15H13ClF2N2O2. The van der Waals surface area contributed by atoms with Crippen LogP contribution in [0, 0.1) is 18.6 Å². The maximum absolute atomic E-state index is 13.5. The number of amides is 1. The summed E-state index contributed by atoms with van der Waals surface area (Å²) in [5.41, 5.74) is 0.205. The standard InChI is InChI=1S/C15H13ClF2N2O2/c1-8-9(5-6-13(16)20-8)15(22)19-7-12(21)14-10(17)3-2-4-11(14)18/h2-6,12,21H,7H2,1H3,(H,19,22). The summed E-state index contributed by atoms with van der Waals surface area (Å²) >= 11 is 5.70. The predicted molar refractivity (Wildman–Crippen MR) is 77.6 cm³/mol. The van der Waals surface area contributed by atoms with Crippen LogP contribution < -0.4 is 5.32 Å². The lowest BCUT2D eigenvalue weighted by Gasteiger charge is -2.14. The van der Waals surface area contributed by atoms with E-state index in [9.17, 15) is 18.7 Å². The zero-order valence-corrected chi connectivity index (χ0v) is 12.4. The van der Waals surface area contributed by atoms with Crippen LogP contribution in [0.25, 0.3) is 0 Å². The molecule has 22 heavy (non-hydrogen) atoms. The summed E-state index contributed by atoms with van der Waals surface area (Å²) in [6.07, 6.45) is -1.49. The molecule has 1 amide bonds. The minimum Gasteiger partial charge on any atom is -0.386 e. The lowest BCUT2D eigenvalue weighted by atomic mass is 10.1. The smallest absolute Gasteiger partial charge is 0.253 e. The Morgan fingerprint density at radius 3 is 2.55 bits per heavy atom. The lowest BCUT2D eigenvalue weighted by Crippen LogP contribution is -2.29. The number of aromatic nitrogens is 1. The average molecular weight is 327 g/mol. The van der Waals surface area contributed by atoms with Gasteiger partial charge in [-0.25, -0.2) is 13.8 Å². The molecule has 4 nitrogen and oxygen atoms in total. The Bertz CT molecular complexity index is 690. The van der Waals surface area contributed by atoms with Crippen molar-refractivity contribution in [1.82, 2.24) is 10.3 Å². The molecule has 0 aliphatic heterocycles. The van der Waals surface area contributed by atoms with Crippen molar-refractivity contribution in [2.75, 3.05) is 6.54 Å². The minimum atomic E-state index is -1.49. The molecule has 0 bridgehead atoms. The molecule has 0 spiro atoms. The van der Waals surface area contributed by atoms with E-state index in [0.717, 1.165) is 12.1 Å². The quantitative estimate of drug-likeness (QED) is 0.849. The highest BCUT2D eigenvalue weighted by atomic mass is 35.5. The largest absolute Gasteiger partial charge is 0.386 e. The number of benzene rings is 1. The van der Waals surface area contributed by atoms with Gasteiger partial charge in [0.15, 0.2) is 0 Å². The summed E-state index contributed by atoms with van der Waals surface area (Å²) in [6, 6.07) is 6.21. The number of carbonyl (C=O) groups excluding carboxylic acids is 1. The Balaban J connectivity index is 2.08. The highest BCUT2D eigenvalue weighted by Gasteiger charge is 2.19. The molecule has 0 radical (unpaired) electrons. The van der Waals surface area contributed by atoms with Crippen LogP contribution in [0.5, 0.6) is 0 Å². The molecule has 2 N–H and O–H groups in total. The molecule has 116 valence electrons. The second kappa shape index (κ2) is 6.81. The van der Waals surface area contributed by atoms with Crippen molar-refractivity contribution < 1.29 is 18.7 Å². The number of nitrogens with zero attached hydrogens (tertiary/aromatic N) is 1. The topological polar surface area (TPSA) is 62.2 Å². The maximum Gasteiger partial charge on any atom is 0.253 e. The number of hydrogen-bond acceptors (Lipinski definition) is 3. The molecule has 1 unspecified atom stereocenters. The number of hydrogen-bond donors (Lipinski definition) is 2. The van der Waals surface area contributed by atoms with E-state index >= 15 is 0 Å². The number of carbonyl (C=O) groups is 1. The first-order valence-electron chi connectivity index (χ1n) is 6.43. The van der Waals surface area contributed by atoms with Crippen LogP contribution in [0.1, 0.15) is 27.7 Å². The third-order valence-corrected chi connectivity index (χ3v) is 3.30. The van der Waals surface area contributed by atoms with Crippen molar-refractivity contribution in [3.63, 3.8) is 0 Å². The van der Waals surface area contributed by atoms with Gasteiger partial charge in [0, 0.05) is 6.54 Å². The predicted octanol–water partition coefficient (Wildman–Crippen LogP) is 2.79. The number of aliphatic hydroxyl groups excluding tert-OH is 1. The van der Waals surface area contributed by atoms with E-state index < -0.39 is 29.2 Å². The van der Waals surface area contributed by atoms with Crippen LogP contribution in [-0.4, -0.2) is 22.5 Å². The Kier molecular flexibility index (Phi) is 5.05. The van der Waals surface area contributed by atoms with Gasteiger partial charge in [-0.3, -0.25) is 4.79 Å². The van der Waals surface area contributed by atoms with Gasteiger partial charge in [0.1, 0.15) is 22.9 Å². The number of aryl methyl sites for hydroxylation is 1. The third kappa shape index (κ3) is 3.58. The molecule has 2 aromatic rings. The van der Waals surface area contributed by atoms with E-state index in [2.05, 4.69) is 10.3 Å². The summed E-state index contributed by atoms with van der Waals surface area (Å²) in [5.74, 6) is -2.25. The molecule has 2 rings (SSSR count). The summed E-state index contributed by atoms with van der Waals surface area (Å²) in [4.78, 5) is 15.9. The molecule has 1 aromatic carbocycles. The Labute approximate surface area is 130 Å². The van der Waals surface area contributed by atoms with Crippen molar-refractivity contribution in [1.29, 1.82) is 0 Å². The van der Waals surface area contributed by atoms with Crippen LogP contribution >= 0.6 is 11.6 Å². The van der Waals surface area contributed by atoms with Gasteiger partial charge in [0.05, 0.1) is 16.8 Å². The Morgan fingerprint density at radius 2 is 1.95 bits per heavy atom. The van der Waals surface area contributed by atoms with Crippen molar-refractivity contribution in [2.45, 2.75) is 13.0 Å². The summed E-state index contributed by atoms with van der Waals surface area (Å²) in [6.45, 7) is 1.27. The first-order valence-corrected chi connectivity index (χ1v) is 6.81. The highest BCUT2D eigenvalue weighted by molar-refractivity contribution is 6.29. The second-order valence-electron chi connectivity index (χ2n) is 4.63. The van der Waals surface area contributed by atoms with Gasteiger partial charge >= 0.3 is 0 Å². The fraction of sp³-hybridized carbons (Fsp3) is 0.200. The van der Waals surface area contributed by atoms with E-state index in [4.69, 9.17) is 11.6 Å². The summed E-state index contributed by atoms with van der Waals surface area (Å²) in [5, 5.41) is 12.5. The molecule has 0 fully saturated rings. The summed E-state index contributed by atoms with van der Waals surface area (Å²) in [7, 11) is 0.